The number of ether oxygens (including phenoxy) is 2. The normalized spacial score (nSPS) is 11.2. The molecule has 1 aromatic heterocycles. The quantitative estimate of drug-likeness (QED) is 0.601. The zero-order valence-corrected chi connectivity index (χ0v) is 10.9. The lowest BCUT2D eigenvalue weighted by molar-refractivity contribution is -0.276. The fourth-order valence-electron chi connectivity index (χ4n) is 0.974. The van der Waals surface area contributed by atoms with E-state index in [-0.39, 0.29) is 11.3 Å². The van der Waals surface area contributed by atoms with Crippen LogP contribution in [0.4, 0.5) is 13.2 Å². The molecule has 0 radical (unpaired) electrons. The number of methoxy groups -OCH3 is 1. The molecule has 0 aromatic carbocycles. The minimum atomic E-state index is -4.85. The van der Waals surface area contributed by atoms with Gasteiger partial charge in [0.2, 0.25) is 5.88 Å². The Balaban J connectivity index is 3.20. The number of alkyl halides is 3. The molecule has 4 nitrogen and oxygen atoms in total. The van der Waals surface area contributed by atoms with E-state index >= 15 is 0 Å². The Morgan fingerprint density at radius 1 is 1.47 bits per heavy atom. The Hall–Kier alpha value is -1.06. The molecule has 0 aliphatic heterocycles. The highest BCUT2D eigenvalue weighted by molar-refractivity contribution is 14.1. The summed E-state index contributed by atoms with van der Waals surface area (Å²) >= 11 is 1.78. The van der Waals surface area contributed by atoms with E-state index in [1.807, 2.05) is 0 Å². The van der Waals surface area contributed by atoms with Gasteiger partial charge in [-0.1, -0.05) is 0 Å². The van der Waals surface area contributed by atoms with Gasteiger partial charge in [-0.2, -0.15) is 0 Å². The van der Waals surface area contributed by atoms with Gasteiger partial charge in [0.25, 0.3) is 0 Å². The van der Waals surface area contributed by atoms with Crippen molar-refractivity contribution in [3.05, 3.63) is 20.9 Å². The van der Waals surface area contributed by atoms with Crippen molar-refractivity contribution in [1.29, 1.82) is 0 Å². The first-order chi connectivity index (χ1) is 7.74. The molecule has 0 aliphatic carbocycles. The molecule has 0 atom stereocenters. The highest BCUT2D eigenvalue weighted by Gasteiger charge is 2.33. The number of rotatable bonds is 2. The third-order valence-electron chi connectivity index (χ3n) is 1.77. The maximum absolute atomic E-state index is 12.1. The van der Waals surface area contributed by atoms with Gasteiger partial charge in [0.15, 0.2) is 5.69 Å². The zero-order valence-electron chi connectivity index (χ0n) is 8.76. The molecule has 94 valence electrons. The Labute approximate surface area is 108 Å². The predicted octanol–water partition coefficient (Wildman–Crippen LogP) is 2.68. The number of carbonyl (C=O) groups excluding carboxylic acids is 1. The number of esters is 1. The largest absolute Gasteiger partial charge is 0.574 e. The van der Waals surface area contributed by atoms with Crippen molar-refractivity contribution in [3.8, 4) is 5.88 Å². The van der Waals surface area contributed by atoms with E-state index in [1.54, 1.807) is 22.6 Å². The lowest BCUT2D eigenvalue weighted by Crippen LogP contribution is -2.20. The number of hydrogen-bond acceptors (Lipinski definition) is 4. The van der Waals surface area contributed by atoms with Crippen molar-refractivity contribution in [2.45, 2.75) is 13.3 Å². The molecule has 1 heterocycles. The Bertz CT molecular complexity index is 448. The first kappa shape index (κ1) is 14.0. The number of halogens is 4. The second kappa shape index (κ2) is 5.07. The van der Waals surface area contributed by atoms with E-state index < -0.39 is 18.2 Å². The van der Waals surface area contributed by atoms with Crippen LogP contribution in [-0.2, 0) is 4.74 Å². The maximum Gasteiger partial charge on any atom is 0.574 e. The van der Waals surface area contributed by atoms with Crippen molar-refractivity contribution in [1.82, 2.24) is 4.98 Å². The summed E-state index contributed by atoms with van der Waals surface area (Å²) in [5, 5.41) is 0. The molecule has 0 aliphatic rings. The third kappa shape index (κ3) is 3.72. The second-order valence-corrected chi connectivity index (χ2v) is 4.12. The van der Waals surface area contributed by atoms with Crippen molar-refractivity contribution >= 4 is 28.6 Å². The monoisotopic (exact) mass is 361 g/mol. The summed E-state index contributed by atoms with van der Waals surface area (Å²) in [6, 6.07) is 1.32. The van der Waals surface area contributed by atoms with Crippen molar-refractivity contribution < 1.29 is 27.4 Å². The van der Waals surface area contributed by atoms with Crippen LogP contribution in [0, 0.1) is 10.5 Å². The van der Waals surface area contributed by atoms with Crippen LogP contribution < -0.4 is 4.74 Å². The van der Waals surface area contributed by atoms with Gasteiger partial charge < -0.3 is 9.47 Å². The second-order valence-electron chi connectivity index (χ2n) is 2.96. The summed E-state index contributed by atoms with van der Waals surface area (Å²) in [6.07, 6.45) is -4.85. The average Bonchev–Trinajstić information content (AvgIpc) is 2.21. The minimum absolute atomic E-state index is 0.204. The average molecular weight is 361 g/mol. The highest BCUT2D eigenvalue weighted by Crippen LogP contribution is 2.27. The summed E-state index contributed by atoms with van der Waals surface area (Å²) in [4.78, 5) is 14.6. The van der Waals surface area contributed by atoms with Crippen LogP contribution in [0.2, 0.25) is 0 Å². The number of carbonyl (C=O) groups is 1. The molecule has 0 saturated carbocycles. The van der Waals surface area contributed by atoms with Gasteiger partial charge in [-0.15, -0.1) is 13.2 Å². The molecule has 0 N–H and O–H groups in total. The summed E-state index contributed by atoms with van der Waals surface area (Å²) < 4.78 is 44.8. The van der Waals surface area contributed by atoms with Crippen LogP contribution in [0.5, 0.6) is 5.88 Å². The van der Waals surface area contributed by atoms with Crippen molar-refractivity contribution in [3.63, 3.8) is 0 Å². The molecular weight excluding hydrogens is 354 g/mol. The lowest BCUT2D eigenvalue weighted by Gasteiger charge is -2.12. The van der Waals surface area contributed by atoms with Crippen LogP contribution in [0.15, 0.2) is 6.07 Å². The number of pyridine rings is 1. The molecule has 0 unspecified atom stereocenters. The number of hydrogen-bond donors (Lipinski definition) is 0. The van der Waals surface area contributed by atoms with E-state index in [2.05, 4.69) is 14.5 Å². The summed E-state index contributed by atoms with van der Waals surface area (Å²) in [5.41, 5.74) is -0.0303. The topological polar surface area (TPSA) is 48.4 Å². The first-order valence-electron chi connectivity index (χ1n) is 4.26. The van der Waals surface area contributed by atoms with Crippen molar-refractivity contribution in [2.75, 3.05) is 7.11 Å². The van der Waals surface area contributed by atoms with E-state index in [4.69, 9.17) is 0 Å². The van der Waals surface area contributed by atoms with Crippen LogP contribution in [0.3, 0.4) is 0 Å². The van der Waals surface area contributed by atoms with Gasteiger partial charge in [0.05, 0.1) is 7.11 Å². The van der Waals surface area contributed by atoms with Gasteiger partial charge in [-0.25, -0.2) is 9.78 Å². The lowest BCUT2D eigenvalue weighted by atomic mass is 10.2. The smallest absolute Gasteiger partial charge is 0.464 e. The van der Waals surface area contributed by atoms with E-state index in [0.717, 1.165) is 7.11 Å². The van der Waals surface area contributed by atoms with Crippen LogP contribution in [0.25, 0.3) is 0 Å². The third-order valence-corrected chi connectivity index (χ3v) is 2.89. The number of nitrogens with zero attached hydrogens (tertiary/aromatic N) is 1. The van der Waals surface area contributed by atoms with Gasteiger partial charge in [0.1, 0.15) is 0 Å². The molecule has 1 aromatic rings. The Kier molecular flexibility index (Phi) is 4.17. The molecule has 8 heteroatoms. The zero-order chi connectivity index (χ0) is 13.2. The van der Waals surface area contributed by atoms with Crippen molar-refractivity contribution in [2.24, 2.45) is 0 Å². The van der Waals surface area contributed by atoms with Crippen LogP contribution in [0.1, 0.15) is 16.1 Å². The molecule has 17 heavy (non-hydrogen) atoms. The molecule has 0 spiro atoms. The summed E-state index contributed by atoms with van der Waals surface area (Å²) in [5.74, 6) is -1.47. The fraction of sp³-hybridized carbons (Fsp3) is 0.333. The van der Waals surface area contributed by atoms with E-state index in [0.29, 0.717) is 3.57 Å². The summed E-state index contributed by atoms with van der Waals surface area (Å²) in [7, 11) is 1.11. The first-order valence-corrected chi connectivity index (χ1v) is 5.33. The Morgan fingerprint density at radius 2 is 2.06 bits per heavy atom. The maximum atomic E-state index is 12.1. The van der Waals surface area contributed by atoms with Crippen LogP contribution in [-0.4, -0.2) is 24.4 Å². The fourth-order valence-corrected chi connectivity index (χ4v) is 1.50. The molecule has 0 fully saturated rings. The van der Waals surface area contributed by atoms with Crippen LogP contribution >= 0.6 is 22.6 Å². The Morgan fingerprint density at radius 3 is 2.53 bits per heavy atom. The van der Waals surface area contributed by atoms with E-state index in [9.17, 15) is 18.0 Å². The highest BCUT2D eigenvalue weighted by atomic mass is 127. The molecular formula is C9H7F3INO3. The molecule has 0 saturated heterocycles. The summed E-state index contributed by atoms with van der Waals surface area (Å²) in [6.45, 7) is 1.41. The molecule has 1 rings (SSSR count). The molecule has 0 amide bonds. The molecule has 0 bridgehead atoms. The van der Waals surface area contributed by atoms with Gasteiger partial charge in [-0.05, 0) is 35.6 Å². The number of aromatic nitrogens is 1. The standard InChI is InChI=1S/C9H7F3INO3/c1-4-5(13)3-6(8(15)16-2)14-7(4)17-9(10,11)12/h3H,1-2H3. The van der Waals surface area contributed by atoms with Gasteiger partial charge >= 0.3 is 12.3 Å². The van der Waals surface area contributed by atoms with E-state index in [1.165, 1.54) is 13.0 Å². The minimum Gasteiger partial charge on any atom is -0.464 e. The SMILES string of the molecule is COC(=O)c1cc(I)c(C)c(OC(F)(F)F)n1. The predicted molar refractivity (Wildman–Crippen MR) is 59.7 cm³/mol. The van der Waals surface area contributed by atoms with Gasteiger partial charge in [0, 0.05) is 9.13 Å². The van der Waals surface area contributed by atoms with Gasteiger partial charge in [-0.3, -0.25) is 0 Å².